The maximum absolute atomic E-state index is 12.4. The van der Waals surface area contributed by atoms with E-state index < -0.39 is 16.5 Å². The molecule has 3 rings (SSSR count). The molecule has 0 unspecified atom stereocenters. The van der Waals surface area contributed by atoms with Crippen LogP contribution < -0.4 is 0 Å². The second-order valence-electron chi connectivity index (χ2n) is 4.56. The Morgan fingerprint density at radius 1 is 1.20 bits per heavy atom. The fourth-order valence-corrected chi connectivity index (χ4v) is 2.85. The van der Waals surface area contributed by atoms with Gasteiger partial charge < -0.3 is 0 Å². The Labute approximate surface area is 118 Å². The number of carbonyl (C=O) groups is 2. The van der Waals surface area contributed by atoms with Gasteiger partial charge in [0.25, 0.3) is 5.70 Å². The Balaban J connectivity index is 2.35. The number of benzene rings is 1. The van der Waals surface area contributed by atoms with Crippen molar-refractivity contribution in [3.05, 3.63) is 67.4 Å². The van der Waals surface area contributed by atoms with Gasteiger partial charge in [-0.05, 0) is 12.5 Å². The zero-order valence-electron chi connectivity index (χ0n) is 10.2. The summed E-state index contributed by atoms with van der Waals surface area (Å²) in [6, 6.07) is 4.55. The van der Waals surface area contributed by atoms with Crippen molar-refractivity contribution in [2.75, 3.05) is 0 Å². The van der Waals surface area contributed by atoms with Crippen LogP contribution in [0.25, 0.3) is 0 Å². The molecule has 0 aliphatic heterocycles. The van der Waals surface area contributed by atoms with Crippen LogP contribution in [-0.4, -0.2) is 16.5 Å². The number of rotatable bonds is 1. The molecule has 5 nitrogen and oxygen atoms in total. The Hall–Kier alpha value is -2.27. The smallest absolute Gasteiger partial charge is 0.258 e. The van der Waals surface area contributed by atoms with Crippen LogP contribution in [0.5, 0.6) is 0 Å². The number of hydrogen-bond donors (Lipinski definition) is 0. The zero-order valence-corrected chi connectivity index (χ0v) is 10.9. The van der Waals surface area contributed by atoms with Crippen molar-refractivity contribution in [3.63, 3.8) is 0 Å². The highest BCUT2D eigenvalue weighted by molar-refractivity contribution is 6.40. The molecule has 0 saturated carbocycles. The van der Waals surface area contributed by atoms with E-state index in [4.69, 9.17) is 11.6 Å². The molecule has 0 radical (unpaired) electrons. The number of carbonyl (C=O) groups excluding carboxylic acids is 2. The van der Waals surface area contributed by atoms with Crippen LogP contribution in [0.4, 0.5) is 0 Å². The molecule has 0 N–H and O–H groups in total. The van der Waals surface area contributed by atoms with Crippen molar-refractivity contribution in [1.82, 2.24) is 0 Å². The molecule has 0 saturated heterocycles. The molecule has 2 aliphatic carbocycles. The third kappa shape index (κ3) is 1.63. The summed E-state index contributed by atoms with van der Waals surface area (Å²) >= 11 is 5.98. The van der Waals surface area contributed by atoms with Crippen molar-refractivity contribution in [3.8, 4) is 0 Å². The number of nitrogens with zero attached hydrogens (tertiary/aromatic N) is 1. The van der Waals surface area contributed by atoms with E-state index in [2.05, 4.69) is 0 Å². The van der Waals surface area contributed by atoms with Gasteiger partial charge in [-0.3, -0.25) is 19.7 Å². The van der Waals surface area contributed by atoms with Gasteiger partial charge in [0.05, 0.1) is 15.5 Å². The standard InChI is InChI=1S/C14H8ClNO4/c15-9-5-1-3-7-11(9)13(17)8-4-2-6-10(16(19)20)12(8)14(7)18/h1,3-5H,2,6H2. The topological polar surface area (TPSA) is 77.3 Å². The fourth-order valence-electron chi connectivity index (χ4n) is 2.59. The lowest BCUT2D eigenvalue weighted by atomic mass is 9.78. The summed E-state index contributed by atoms with van der Waals surface area (Å²) in [5.41, 5.74) is 0.107. The minimum Gasteiger partial charge on any atom is -0.289 e. The highest BCUT2D eigenvalue weighted by Crippen LogP contribution is 2.38. The molecule has 0 aromatic heterocycles. The van der Waals surface area contributed by atoms with Gasteiger partial charge in [0.15, 0.2) is 5.78 Å². The highest BCUT2D eigenvalue weighted by atomic mass is 35.5. The summed E-state index contributed by atoms with van der Waals surface area (Å²) in [7, 11) is 0. The van der Waals surface area contributed by atoms with Crippen molar-refractivity contribution < 1.29 is 14.5 Å². The molecule has 6 heteroatoms. The Kier molecular flexibility index (Phi) is 2.79. The maximum Gasteiger partial charge on any atom is 0.258 e. The van der Waals surface area contributed by atoms with Gasteiger partial charge in [0.1, 0.15) is 5.57 Å². The summed E-state index contributed by atoms with van der Waals surface area (Å²) in [5.74, 6) is -0.918. The lowest BCUT2D eigenvalue weighted by Gasteiger charge is -2.22. The van der Waals surface area contributed by atoms with E-state index in [1.165, 1.54) is 12.1 Å². The van der Waals surface area contributed by atoms with Crippen LogP contribution >= 0.6 is 11.6 Å². The SMILES string of the molecule is O=C1C2=C([N+](=O)[O-])CCC=C2C(=O)c2c(Cl)cccc21. The second-order valence-corrected chi connectivity index (χ2v) is 4.96. The molecule has 100 valence electrons. The number of allylic oxidation sites excluding steroid dienone is 4. The molecule has 0 spiro atoms. The molecule has 0 atom stereocenters. The predicted molar refractivity (Wildman–Crippen MR) is 71.5 cm³/mol. The highest BCUT2D eigenvalue weighted by Gasteiger charge is 2.40. The summed E-state index contributed by atoms with van der Waals surface area (Å²) in [4.78, 5) is 35.4. The molecular weight excluding hydrogens is 282 g/mol. The summed E-state index contributed by atoms with van der Waals surface area (Å²) in [6.07, 6.45) is 2.10. The first-order valence-electron chi connectivity index (χ1n) is 5.98. The van der Waals surface area contributed by atoms with Gasteiger partial charge in [0.2, 0.25) is 5.78 Å². The van der Waals surface area contributed by atoms with E-state index in [0.717, 1.165) is 0 Å². The van der Waals surface area contributed by atoms with Crippen molar-refractivity contribution in [1.29, 1.82) is 0 Å². The summed E-state index contributed by atoms with van der Waals surface area (Å²) in [6.45, 7) is 0. The van der Waals surface area contributed by atoms with Crippen LogP contribution in [-0.2, 0) is 0 Å². The van der Waals surface area contributed by atoms with Crippen molar-refractivity contribution in [2.24, 2.45) is 0 Å². The molecule has 0 amide bonds. The van der Waals surface area contributed by atoms with E-state index >= 15 is 0 Å². The van der Waals surface area contributed by atoms with Gasteiger partial charge in [-0.2, -0.15) is 0 Å². The van der Waals surface area contributed by atoms with Gasteiger partial charge in [0, 0.05) is 17.6 Å². The largest absolute Gasteiger partial charge is 0.289 e. The first kappa shape index (κ1) is 12.7. The predicted octanol–water partition coefficient (Wildman–Crippen LogP) is 2.97. The Bertz CT molecular complexity index is 746. The molecule has 0 heterocycles. The Morgan fingerprint density at radius 2 is 1.95 bits per heavy atom. The number of hydrogen-bond acceptors (Lipinski definition) is 4. The molecular formula is C14H8ClNO4. The normalized spacial score (nSPS) is 17.6. The number of nitro groups is 1. The number of ketones is 2. The maximum atomic E-state index is 12.4. The van der Waals surface area contributed by atoms with Crippen molar-refractivity contribution in [2.45, 2.75) is 12.8 Å². The number of Topliss-reactive ketones (excluding diaryl/α,β-unsaturated/α-hetero) is 2. The van der Waals surface area contributed by atoms with E-state index in [1.54, 1.807) is 12.1 Å². The zero-order chi connectivity index (χ0) is 14.4. The Morgan fingerprint density at radius 3 is 2.65 bits per heavy atom. The summed E-state index contributed by atoms with van der Waals surface area (Å²) < 4.78 is 0. The third-order valence-electron chi connectivity index (χ3n) is 3.46. The van der Waals surface area contributed by atoms with Crippen LogP contribution in [0.3, 0.4) is 0 Å². The fraction of sp³-hybridized carbons (Fsp3) is 0.143. The summed E-state index contributed by atoms with van der Waals surface area (Å²) in [5, 5.41) is 11.3. The van der Waals surface area contributed by atoms with E-state index in [0.29, 0.717) is 6.42 Å². The van der Waals surface area contributed by atoms with E-state index in [-0.39, 0.29) is 39.4 Å². The number of fused-ring (bicyclic) bond motifs is 2. The minimum absolute atomic E-state index is 0.0824. The van der Waals surface area contributed by atoms with Crippen molar-refractivity contribution >= 4 is 23.2 Å². The molecule has 2 aliphatic rings. The monoisotopic (exact) mass is 289 g/mol. The molecule has 1 aromatic rings. The van der Waals surface area contributed by atoms with E-state index in [1.807, 2.05) is 0 Å². The van der Waals surface area contributed by atoms with Crippen LogP contribution in [0.2, 0.25) is 5.02 Å². The van der Waals surface area contributed by atoms with Crippen LogP contribution in [0, 0.1) is 10.1 Å². The van der Waals surface area contributed by atoms with Crippen LogP contribution in [0.15, 0.2) is 41.1 Å². The average molecular weight is 290 g/mol. The molecule has 1 aromatic carbocycles. The minimum atomic E-state index is -0.580. The first-order chi connectivity index (χ1) is 9.52. The first-order valence-corrected chi connectivity index (χ1v) is 6.36. The third-order valence-corrected chi connectivity index (χ3v) is 3.78. The number of halogens is 1. The average Bonchev–Trinajstić information content (AvgIpc) is 2.43. The molecule has 0 bridgehead atoms. The lowest BCUT2D eigenvalue weighted by Crippen LogP contribution is -2.27. The van der Waals surface area contributed by atoms with Gasteiger partial charge >= 0.3 is 0 Å². The second kappa shape index (κ2) is 4.38. The van der Waals surface area contributed by atoms with E-state index in [9.17, 15) is 19.7 Å². The van der Waals surface area contributed by atoms with Gasteiger partial charge in [-0.1, -0.05) is 29.8 Å². The molecule has 20 heavy (non-hydrogen) atoms. The van der Waals surface area contributed by atoms with Crippen LogP contribution in [0.1, 0.15) is 33.6 Å². The molecule has 0 fully saturated rings. The van der Waals surface area contributed by atoms with Gasteiger partial charge in [-0.15, -0.1) is 0 Å². The van der Waals surface area contributed by atoms with Gasteiger partial charge in [-0.25, -0.2) is 0 Å². The lowest BCUT2D eigenvalue weighted by molar-refractivity contribution is -0.428. The quantitative estimate of drug-likeness (QED) is 0.588.